The van der Waals surface area contributed by atoms with Crippen LogP contribution in [-0.4, -0.2) is 74.9 Å². The number of halogens is 2. The van der Waals surface area contributed by atoms with Gasteiger partial charge in [-0.25, -0.2) is 0 Å². The van der Waals surface area contributed by atoms with E-state index in [2.05, 4.69) is 22.0 Å². The maximum absolute atomic E-state index is 5.38. The van der Waals surface area contributed by atoms with E-state index in [-0.39, 0.29) is 24.8 Å². The fourth-order valence-corrected chi connectivity index (χ4v) is 2.84. The smallest absolute Gasteiger partial charge is 0.0594 e. The van der Waals surface area contributed by atoms with Crippen LogP contribution in [-0.2, 0) is 4.74 Å². The monoisotopic (exact) mass is 313 g/mol. The lowest BCUT2D eigenvalue weighted by Gasteiger charge is -2.36. The molecule has 0 aromatic carbocycles. The van der Waals surface area contributed by atoms with Gasteiger partial charge in [0, 0.05) is 38.8 Å². The highest BCUT2D eigenvalue weighted by atomic mass is 35.5. The molecule has 0 radical (unpaired) electrons. The zero-order valence-electron chi connectivity index (χ0n) is 12.0. The highest BCUT2D eigenvalue weighted by Gasteiger charge is 2.20. The summed E-state index contributed by atoms with van der Waals surface area (Å²) >= 11 is 0. The van der Waals surface area contributed by atoms with Crippen LogP contribution in [0.5, 0.6) is 0 Å². The fraction of sp³-hybridized carbons (Fsp3) is 1.00. The quantitative estimate of drug-likeness (QED) is 0.826. The van der Waals surface area contributed by atoms with Crippen LogP contribution in [0.3, 0.4) is 0 Å². The first-order valence-corrected chi connectivity index (χ1v) is 7.15. The van der Waals surface area contributed by atoms with E-state index in [1.807, 2.05) is 0 Å². The molecule has 0 bridgehead atoms. The van der Waals surface area contributed by atoms with Gasteiger partial charge in [0.05, 0.1) is 13.2 Å². The lowest BCUT2D eigenvalue weighted by Crippen LogP contribution is -2.49. The third kappa shape index (κ3) is 6.61. The molecule has 1 unspecified atom stereocenters. The third-order valence-corrected chi connectivity index (χ3v) is 4.00. The molecule has 116 valence electrons. The maximum atomic E-state index is 5.38. The third-order valence-electron chi connectivity index (χ3n) is 4.00. The van der Waals surface area contributed by atoms with Gasteiger partial charge in [0.2, 0.25) is 0 Å². The molecule has 2 rings (SSSR count). The van der Waals surface area contributed by atoms with Crippen molar-refractivity contribution >= 4 is 24.8 Å². The SMILES string of the molecule is CCN(CCN1CCOCC1)C1CCCNC1.Cl.Cl. The Balaban J connectivity index is 0.00000162. The van der Waals surface area contributed by atoms with Gasteiger partial charge in [0.25, 0.3) is 0 Å². The number of rotatable bonds is 5. The van der Waals surface area contributed by atoms with E-state index >= 15 is 0 Å². The van der Waals surface area contributed by atoms with Crippen molar-refractivity contribution in [2.45, 2.75) is 25.8 Å². The molecule has 0 aromatic rings. The van der Waals surface area contributed by atoms with E-state index in [0.29, 0.717) is 0 Å². The Bertz CT molecular complexity index is 210. The normalized spacial score (nSPS) is 24.6. The summed E-state index contributed by atoms with van der Waals surface area (Å²) in [6.07, 6.45) is 2.70. The number of hydrogen-bond acceptors (Lipinski definition) is 4. The molecule has 0 amide bonds. The van der Waals surface area contributed by atoms with Gasteiger partial charge in [-0.1, -0.05) is 6.92 Å². The van der Waals surface area contributed by atoms with Crippen LogP contribution in [0.1, 0.15) is 19.8 Å². The summed E-state index contributed by atoms with van der Waals surface area (Å²) in [5, 5.41) is 3.51. The molecule has 19 heavy (non-hydrogen) atoms. The molecule has 0 aromatic heterocycles. The van der Waals surface area contributed by atoms with Crippen LogP contribution in [0.4, 0.5) is 0 Å². The molecule has 6 heteroatoms. The van der Waals surface area contributed by atoms with E-state index in [4.69, 9.17) is 4.74 Å². The second kappa shape index (κ2) is 11.1. The van der Waals surface area contributed by atoms with Gasteiger partial charge in [0.15, 0.2) is 0 Å². The Morgan fingerprint density at radius 1 is 1.26 bits per heavy atom. The second-order valence-corrected chi connectivity index (χ2v) is 5.08. The van der Waals surface area contributed by atoms with Gasteiger partial charge in [-0.05, 0) is 25.9 Å². The van der Waals surface area contributed by atoms with Crippen molar-refractivity contribution in [3.05, 3.63) is 0 Å². The first-order chi connectivity index (χ1) is 8.40. The van der Waals surface area contributed by atoms with Crippen molar-refractivity contribution in [3.8, 4) is 0 Å². The summed E-state index contributed by atoms with van der Waals surface area (Å²) < 4.78 is 5.38. The standard InChI is InChI=1S/C13H27N3O.2ClH/c1-2-16(13-4-3-5-14-12-13)7-6-15-8-10-17-11-9-15;;/h13-14H,2-12H2,1H3;2*1H. The van der Waals surface area contributed by atoms with Crippen molar-refractivity contribution in [1.29, 1.82) is 0 Å². The van der Waals surface area contributed by atoms with Crippen LogP contribution >= 0.6 is 24.8 Å². The Labute approximate surface area is 130 Å². The summed E-state index contributed by atoms with van der Waals surface area (Å²) in [5.74, 6) is 0. The largest absolute Gasteiger partial charge is 0.379 e. The predicted octanol–water partition coefficient (Wildman–Crippen LogP) is 1.24. The molecule has 0 aliphatic carbocycles. The number of ether oxygens (including phenoxy) is 1. The van der Waals surface area contributed by atoms with Gasteiger partial charge in [-0.15, -0.1) is 24.8 Å². The van der Waals surface area contributed by atoms with Crippen LogP contribution in [0.15, 0.2) is 0 Å². The second-order valence-electron chi connectivity index (χ2n) is 5.08. The van der Waals surface area contributed by atoms with Crippen LogP contribution in [0.25, 0.3) is 0 Å². The van der Waals surface area contributed by atoms with Crippen molar-refractivity contribution < 1.29 is 4.74 Å². The van der Waals surface area contributed by atoms with E-state index in [1.54, 1.807) is 0 Å². The number of hydrogen-bond donors (Lipinski definition) is 1. The lowest BCUT2D eigenvalue weighted by atomic mass is 10.1. The number of morpholine rings is 1. The van der Waals surface area contributed by atoms with E-state index in [0.717, 1.165) is 32.3 Å². The van der Waals surface area contributed by atoms with Gasteiger partial charge in [-0.3, -0.25) is 9.80 Å². The molecule has 0 saturated carbocycles. The first-order valence-electron chi connectivity index (χ1n) is 7.15. The Morgan fingerprint density at radius 3 is 2.58 bits per heavy atom. The van der Waals surface area contributed by atoms with Crippen molar-refractivity contribution in [2.75, 3.05) is 59.0 Å². The molecule has 0 spiro atoms. The van der Waals surface area contributed by atoms with Gasteiger partial charge < -0.3 is 10.1 Å². The first kappa shape index (κ1) is 19.4. The molecule has 4 nitrogen and oxygen atoms in total. The number of nitrogens with zero attached hydrogens (tertiary/aromatic N) is 2. The van der Waals surface area contributed by atoms with Crippen molar-refractivity contribution in [3.63, 3.8) is 0 Å². The lowest BCUT2D eigenvalue weighted by molar-refractivity contribution is 0.0303. The predicted molar refractivity (Wildman–Crippen MR) is 84.9 cm³/mol. The summed E-state index contributed by atoms with van der Waals surface area (Å²) in [6, 6.07) is 0.759. The van der Waals surface area contributed by atoms with E-state index in [9.17, 15) is 0 Å². The highest BCUT2D eigenvalue weighted by molar-refractivity contribution is 5.85. The summed E-state index contributed by atoms with van der Waals surface area (Å²) in [6.45, 7) is 12.3. The molecular formula is C13H29Cl2N3O. The number of nitrogens with one attached hydrogen (secondary N) is 1. The van der Waals surface area contributed by atoms with E-state index in [1.165, 1.54) is 45.6 Å². The molecule has 2 fully saturated rings. The van der Waals surface area contributed by atoms with Crippen LogP contribution < -0.4 is 5.32 Å². The van der Waals surface area contributed by atoms with Gasteiger partial charge in [-0.2, -0.15) is 0 Å². The van der Waals surface area contributed by atoms with Crippen LogP contribution in [0, 0.1) is 0 Å². The average Bonchev–Trinajstić information content (AvgIpc) is 2.42. The highest BCUT2D eigenvalue weighted by Crippen LogP contribution is 2.10. The molecule has 2 aliphatic rings. The molecule has 2 aliphatic heterocycles. The van der Waals surface area contributed by atoms with E-state index < -0.39 is 0 Å². The topological polar surface area (TPSA) is 27.7 Å². The molecule has 2 saturated heterocycles. The maximum Gasteiger partial charge on any atom is 0.0594 e. The number of likely N-dealkylation sites (N-methyl/N-ethyl adjacent to an activating group) is 1. The van der Waals surface area contributed by atoms with Gasteiger partial charge >= 0.3 is 0 Å². The Hall–Kier alpha value is 0.420. The minimum atomic E-state index is 0. The summed E-state index contributed by atoms with van der Waals surface area (Å²) in [5.41, 5.74) is 0. The van der Waals surface area contributed by atoms with Gasteiger partial charge in [0.1, 0.15) is 0 Å². The number of piperidine rings is 1. The van der Waals surface area contributed by atoms with Crippen LogP contribution in [0.2, 0.25) is 0 Å². The molecule has 1 atom stereocenters. The fourth-order valence-electron chi connectivity index (χ4n) is 2.84. The zero-order valence-corrected chi connectivity index (χ0v) is 13.6. The minimum absolute atomic E-state index is 0. The zero-order chi connectivity index (χ0) is 11.9. The summed E-state index contributed by atoms with van der Waals surface area (Å²) in [4.78, 5) is 5.17. The Kier molecular flexibility index (Phi) is 11.4. The van der Waals surface area contributed by atoms with Crippen molar-refractivity contribution in [2.24, 2.45) is 0 Å². The molecule has 1 N–H and O–H groups in total. The Morgan fingerprint density at radius 2 is 2.00 bits per heavy atom. The van der Waals surface area contributed by atoms with Crippen molar-refractivity contribution in [1.82, 2.24) is 15.1 Å². The summed E-state index contributed by atoms with van der Waals surface area (Å²) in [7, 11) is 0. The molecular weight excluding hydrogens is 285 g/mol. The molecule has 2 heterocycles. The minimum Gasteiger partial charge on any atom is -0.379 e. The average molecular weight is 314 g/mol.